The van der Waals surface area contributed by atoms with Crippen LogP contribution < -0.4 is 0 Å². The van der Waals surface area contributed by atoms with Crippen LogP contribution in [0.3, 0.4) is 0 Å². The van der Waals surface area contributed by atoms with E-state index in [1.165, 1.54) is 5.39 Å². The van der Waals surface area contributed by atoms with Crippen molar-refractivity contribution in [3.05, 3.63) is 85.2 Å². The summed E-state index contributed by atoms with van der Waals surface area (Å²) in [6.07, 6.45) is 4.12. The molecule has 0 spiro atoms. The number of H-pyrrole nitrogens is 1. The molecular formula is C21H15N3. The average molecular weight is 309 g/mol. The maximum Gasteiger partial charge on any atom is 0.147 e. The Bertz CT molecular complexity index is 1150. The van der Waals surface area contributed by atoms with Crippen LogP contribution in [0.4, 0.5) is 0 Å². The number of hydrogen-bond donors (Lipinski definition) is 1. The summed E-state index contributed by atoms with van der Waals surface area (Å²) < 4.78 is 2.16. The number of rotatable bonds is 2. The highest BCUT2D eigenvalue weighted by Gasteiger charge is 2.16. The van der Waals surface area contributed by atoms with Gasteiger partial charge in [0, 0.05) is 34.4 Å². The second-order valence-electron chi connectivity index (χ2n) is 5.85. The molecule has 0 fully saturated rings. The van der Waals surface area contributed by atoms with Gasteiger partial charge in [-0.15, -0.1) is 0 Å². The average Bonchev–Trinajstić information content (AvgIpc) is 3.24. The minimum atomic E-state index is 0.960. The van der Waals surface area contributed by atoms with Crippen molar-refractivity contribution in [2.24, 2.45) is 0 Å². The maximum absolute atomic E-state index is 5.00. The molecule has 0 aliphatic rings. The Balaban J connectivity index is 1.84. The Hall–Kier alpha value is -3.33. The molecule has 3 aromatic heterocycles. The molecule has 5 aromatic rings. The lowest BCUT2D eigenvalue weighted by Gasteiger charge is -1.99. The Labute approximate surface area is 139 Å². The van der Waals surface area contributed by atoms with Crippen molar-refractivity contribution < 1.29 is 0 Å². The number of nitrogens with one attached hydrogen (secondary N) is 1. The Kier molecular flexibility index (Phi) is 2.79. The monoisotopic (exact) mass is 309 g/mol. The molecule has 0 bridgehead atoms. The van der Waals surface area contributed by atoms with Gasteiger partial charge in [0.15, 0.2) is 0 Å². The number of imidazole rings is 1. The molecule has 0 aliphatic carbocycles. The first kappa shape index (κ1) is 13.1. The lowest BCUT2D eigenvalue weighted by atomic mass is 10.1. The van der Waals surface area contributed by atoms with E-state index in [1.807, 2.05) is 24.4 Å². The standard InChI is InChI=1S/C21H15N3/c1-2-8-15(9-3-1)20-19-12-6-7-13-24(19)21(23-20)17-14-22-18-11-5-4-10-16(17)18/h1-14,22H. The van der Waals surface area contributed by atoms with Gasteiger partial charge in [0.2, 0.25) is 0 Å². The third kappa shape index (κ3) is 1.88. The molecule has 0 saturated carbocycles. The number of fused-ring (bicyclic) bond motifs is 2. The van der Waals surface area contributed by atoms with Crippen LogP contribution >= 0.6 is 0 Å². The van der Waals surface area contributed by atoms with Gasteiger partial charge in [0.05, 0.1) is 11.2 Å². The van der Waals surface area contributed by atoms with Gasteiger partial charge >= 0.3 is 0 Å². The van der Waals surface area contributed by atoms with E-state index < -0.39 is 0 Å². The molecule has 114 valence electrons. The fourth-order valence-corrected chi connectivity index (χ4v) is 3.29. The molecule has 2 aromatic carbocycles. The zero-order valence-electron chi connectivity index (χ0n) is 13.0. The van der Waals surface area contributed by atoms with Crippen molar-refractivity contribution in [1.82, 2.24) is 14.4 Å². The zero-order valence-corrected chi connectivity index (χ0v) is 13.0. The van der Waals surface area contributed by atoms with Gasteiger partial charge < -0.3 is 4.98 Å². The Morgan fingerprint density at radius 2 is 1.58 bits per heavy atom. The minimum Gasteiger partial charge on any atom is -0.360 e. The van der Waals surface area contributed by atoms with Crippen molar-refractivity contribution in [3.8, 4) is 22.6 Å². The molecule has 5 rings (SSSR count). The van der Waals surface area contributed by atoms with Gasteiger partial charge in [-0.3, -0.25) is 4.40 Å². The lowest BCUT2D eigenvalue weighted by Crippen LogP contribution is -1.87. The number of aromatic amines is 1. The molecule has 3 nitrogen and oxygen atoms in total. The Morgan fingerprint density at radius 3 is 2.50 bits per heavy atom. The maximum atomic E-state index is 5.00. The number of nitrogens with zero attached hydrogens (tertiary/aromatic N) is 2. The van der Waals surface area contributed by atoms with Crippen molar-refractivity contribution >= 4 is 16.4 Å². The van der Waals surface area contributed by atoms with E-state index in [9.17, 15) is 0 Å². The molecule has 0 radical (unpaired) electrons. The summed E-state index contributed by atoms with van der Waals surface area (Å²) >= 11 is 0. The molecule has 3 heteroatoms. The summed E-state index contributed by atoms with van der Waals surface area (Å²) in [5.74, 6) is 0.960. The van der Waals surface area contributed by atoms with E-state index in [0.29, 0.717) is 0 Å². The van der Waals surface area contributed by atoms with Gasteiger partial charge in [-0.1, -0.05) is 54.6 Å². The molecular weight excluding hydrogens is 294 g/mol. The third-order valence-corrected chi connectivity index (χ3v) is 4.43. The van der Waals surface area contributed by atoms with E-state index in [4.69, 9.17) is 4.98 Å². The predicted octanol–water partition coefficient (Wildman–Crippen LogP) is 5.15. The van der Waals surface area contributed by atoms with Gasteiger partial charge in [0.1, 0.15) is 5.82 Å². The summed E-state index contributed by atoms with van der Waals surface area (Å²) in [5.41, 5.74) is 5.50. The summed E-state index contributed by atoms with van der Waals surface area (Å²) in [6.45, 7) is 0. The number of pyridine rings is 1. The minimum absolute atomic E-state index is 0.960. The fourth-order valence-electron chi connectivity index (χ4n) is 3.29. The van der Waals surface area contributed by atoms with Crippen molar-refractivity contribution in [2.45, 2.75) is 0 Å². The number of para-hydroxylation sites is 1. The number of hydrogen-bond acceptors (Lipinski definition) is 1. The molecule has 1 N–H and O–H groups in total. The number of benzene rings is 2. The van der Waals surface area contributed by atoms with Crippen molar-refractivity contribution in [1.29, 1.82) is 0 Å². The van der Waals surface area contributed by atoms with Crippen LogP contribution in [0.5, 0.6) is 0 Å². The second kappa shape index (κ2) is 5.10. The van der Waals surface area contributed by atoms with Crippen LogP contribution in [-0.2, 0) is 0 Å². The van der Waals surface area contributed by atoms with Crippen LogP contribution in [0.15, 0.2) is 85.2 Å². The first-order valence-electron chi connectivity index (χ1n) is 8.01. The fraction of sp³-hybridized carbons (Fsp3) is 0. The first-order valence-corrected chi connectivity index (χ1v) is 8.01. The summed E-state index contributed by atoms with van der Waals surface area (Å²) in [4.78, 5) is 8.34. The van der Waals surface area contributed by atoms with Gasteiger partial charge in [0.25, 0.3) is 0 Å². The molecule has 0 unspecified atom stereocenters. The van der Waals surface area contributed by atoms with Crippen molar-refractivity contribution in [3.63, 3.8) is 0 Å². The smallest absolute Gasteiger partial charge is 0.147 e. The van der Waals surface area contributed by atoms with Crippen LogP contribution in [-0.4, -0.2) is 14.4 Å². The third-order valence-electron chi connectivity index (χ3n) is 4.43. The van der Waals surface area contributed by atoms with E-state index >= 15 is 0 Å². The predicted molar refractivity (Wildman–Crippen MR) is 97.9 cm³/mol. The Morgan fingerprint density at radius 1 is 0.792 bits per heavy atom. The quantitative estimate of drug-likeness (QED) is 0.480. The van der Waals surface area contributed by atoms with Crippen LogP contribution in [0.1, 0.15) is 0 Å². The van der Waals surface area contributed by atoms with Gasteiger partial charge in [-0.25, -0.2) is 4.98 Å². The summed E-state index contributed by atoms with van der Waals surface area (Å²) in [5, 5.41) is 1.19. The first-order chi connectivity index (χ1) is 11.9. The molecule has 3 heterocycles. The second-order valence-corrected chi connectivity index (χ2v) is 5.85. The zero-order chi connectivity index (χ0) is 15.9. The van der Waals surface area contributed by atoms with Crippen LogP contribution in [0.2, 0.25) is 0 Å². The van der Waals surface area contributed by atoms with Crippen molar-refractivity contribution in [2.75, 3.05) is 0 Å². The van der Waals surface area contributed by atoms with Gasteiger partial charge in [-0.05, 0) is 18.2 Å². The molecule has 0 saturated heterocycles. The highest BCUT2D eigenvalue weighted by Crippen LogP contribution is 2.33. The SMILES string of the molecule is c1ccc(-c2nc(-c3c[nH]c4ccccc34)n3ccccc23)cc1. The summed E-state index contributed by atoms with van der Waals surface area (Å²) in [6, 6.07) is 24.9. The van der Waals surface area contributed by atoms with E-state index in [-0.39, 0.29) is 0 Å². The number of aromatic nitrogens is 3. The van der Waals surface area contributed by atoms with Crippen LogP contribution in [0.25, 0.3) is 39.1 Å². The molecule has 0 atom stereocenters. The molecule has 0 aliphatic heterocycles. The highest BCUT2D eigenvalue weighted by molar-refractivity contribution is 5.95. The topological polar surface area (TPSA) is 33.1 Å². The largest absolute Gasteiger partial charge is 0.360 e. The highest BCUT2D eigenvalue weighted by atomic mass is 15.0. The lowest BCUT2D eigenvalue weighted by molar-refractivity contribution is 1.17. The van der Waals surface area contributed by atoms with E-state index in [2.05, 4.69) is 70.2 Å². The van der Waals surface area contributed by atoms with E-state index in [0.717, 1.165) is 33.7 Å². The van der Waals surface area contributed by atoms with E-state index in [1.54, 1.807) is 0 Å². The summed E-state index contributed by atoms with van der Waals surface area (Å²) in [7, 11) is 0. The van der Waals surface area contributed by atoms with Crippen LogP contribution in [0, 0.1) is 0 Å². The van der Waals surface area contributed by atoms with Gasteiger partial charge in [-0.2, -0.15) is 0 Å². The molecule has 0 amide bonds. The normalized spacial score (nSPS) is 11.3. The molecule has 24 heavy (non-hydrogen) atoms.